The number of aryl methyl sites for hydroxylation is 2. The van der Waals surface area contributed by atoms with Crippen LogP contribution in [0.1, 0.15) is 48.9 Å². The lowest BCUT2D eigenvalue weighted by atomic mass is 9.98. The monoisotopic (exact) mass is 488 g/mol. The minimum Gasteiger partial charge on any atom is -0.381 e. The number of amides is 1. The van der Waals surface area contributed by atoms with Gasteiger partial charge in [0.2, 0.25) is 5.91 Å². The van der Waals surface area contributed by atoms with E-state index in [0.717, 1.165) is 46.7 Å². The van der Waals surface area contributed by atoms with Crippen LogP contribution in [0.2, 0.25) is 0 Å². The predicted octanol–water partition coefficient (Wildman–Crippen LogP) is 4.37. The molecule has 1 fully saturated rings. The van der Waals surface area contributed by atoms with Gasteiger partial charge in [0, 0.05) is 62.1 Å². The van der Waals surface area contributed by atoms with E-state index in [2.05, 4.69) is 5.10 Å². The molecule has 0 radical (unpaired) electrons. The molecule has 1 saturated heterocycles. The van der Waals surface area contributed by atoms with Crippen LogP contribution in [-0.4, -0.2) is 55.4 Å². The molecule has 1 unspecified atom stereocenters. The van der Waals surface area contributed by atoms with Crippen molar-refractivity contribution in [2.45, 2.75) is 45.2 Å². The Hall–Kier alpha value is -3.59. The van der Waals surface area contributed by atoms with Crippen LogP contribution in [0, 0.1) is 12.7 Å². The number of halogens is 1. The number of nitrogens with zero attached hydrogens (tertiary/aromatic N) is 6. The van der Waals surface area contributed by atoms with Gasteiger partial charge in [0.25, 0.3) is 0 Å². The van der Waals surface area contributed by atoms with Crippen LogP contribution in [-0.2, 0) is 23.1 Å². The highest BCUT2D eigenvalue weighted by Gasteiger charge is 2.36. The summed E-state index contributed by atoms with van der Waals surface area (Å²) in [6.07, 6.45) is 5.34. The third kappa shape index (κ3) is 3.52. The Labute approximate surface area is 208 Å². The zero-order valence-corrected chi connectivity index (χ0v) is 21.0. The van der Waals surface area contributed by atoms with Crippen LogP contribution in [0.4, 0.5) is 4.39 Å². The largest absolute Gasteiger partial charge is 0.381 e. The third-order valence-electron chi connectivity index (χ3n) is 7.51. The van der Waals surface area contributed by atoms with Crippen molar-refractivity contribution in [1.29, 1.82) is 0 Å². The zero-order valence-electron chi connectivity index (χ0n) is 21.0. The van der Waals surface area contributed by atoms with Gasteiger partial charge >= 0.3 is 0 Å². The quantitative estimate of drug-likeness (QED) is 0.428. The average molecular weight is 489 g/mol. The summed E-state index contributed by atoms with van der Waals surface area (Å²) in [5, 5.41) is 6.00. The van der Waals surface area contributed by atoms with Crippen molar-refractivity contribution >= 4 is 16.7 Å². The highest BCUT2D eigenvalue weighted by Crippen LogP contribution is 2.40. The van der Waals surface area contributed by atoms with E-state index in [4.69, 9.17) is 14.7 Å². The van der Waals surface area contributed by atoms with E-state index >= 15 is 4.39 Å². The molecule has 1 amide bonds. The first kappa shape index (κ1) is 22.8. The number of ether oxygens (including phenoxy) is 1. The highest BCUT2D eigenvalue weighted by atomic mass is 19.1. The number of hydrogen-bond donors (Lipinski definition) is 0. The molecule has 36 heavy (non-hydrogen) atoms. The molecule has 1 atom stereocenters. The Bertz CT molecular complexity index is 1500. The van der Waals surface area contributed by atoms with Crippen molar-refractivity contribution < 1.29 is 13.9 Å². The number of fused-ring (bicyclic) bond motifs is 2. The second-order valence-corrected chi connectivity index (χ2v) is 9.91. The molecule has 2 aliphatic rings. The van der Waals surface area contributed by atoms with Gasteiger partial charge < -0.3 is 14.2 Å². The van der Waals surface area contributed by atoms with Crippen molar-refractivity contribution in [3.63, 3.8) is 0 Å². The third-order valence-corrected chi connectivity index (χ3v) is 7.51. The van der Waals surface area contributed by atoms with Gasteiger partial charge in [-0.2, -0.15) is 5.10 Å². The molecule has 1 aromatic carbocycles. The van der Waals surface area contributed by atoms with Crippen LogP contribution >= 0.6 is 0 Å². The number of aromatic nitrogens is 5. The number of hydrogen-bond acceptors (Lipinski definition) is 5. The van der Waals surface area contributed by atoms with Gasteiger partial charge in [0.1, 0.15) is 17.7 Å². The van der Waals surface area contributed by atoms with Crippen molar-refractivity contribution in [3.8, 4) is 22.5 Å². The first-order valence-electron chi connectivity index (χ1n) is 12.4. The molecule has 0 aliphatic carbocycles. The fraction of sp³-hybridized carbons (Fsp3) is 0.407. The number of rotatable bonds is 3. The van der Waals surface area contributed by atoms with E-state index in [0.29, 0.717) is 36.4 Å². The summed E-state index contributed by atoms with van der Waals surface area (Å²) in [7, 11) is 3.67. The lowest BCUT2D eigenvalue weighted by Gasteiger charge is -2.32. The maximum Gasteiger partial charge on any atom is 0.245 e. The topological polar surface area (TPSA) is 78.1 Å². The summed E-state index contributed by atoms with van der Waals surface area (Å²) in [5.41, 5.74) is 4.52. The smallest absolute Gasteiger partial charge is 0.245 e. The Morgan fingerprint density at radius 2 is 1.94 bits per heavy atom. The predicted molar refractivity (Wildman–Crippen MR) is 134 cm³/mol. The normalized spacial score (nSPS) is 18.8. The van der Waals surface area contributed by atoms with Crippen LogP contribution in [0.3, 0.4) is 0 Å². The van der Waals surface area contributed by atoms with E-state index in [1.54, 1.807) is 28.9 Å². The van der Waals surface area contributed by atoms with Gasteiger partial charge in [-0.25, -0.2) is 9.37 Å². The Morgan fingerprint density at radius 1 is 1.17 bits per heavy atom. The number of benzene rings is 1. The summed E-state index contributed by atoms with van der Waals surface area (Å²) < 4.78 is 25.0. The SMILES string of the molecule is Cc1nn(C)cc1-c1cc2ccc(F)c(-c3nc(C4CCOCC4)n4c3CN(C)C(=O)C4C)c2cn1. The molecule has 8 nitrogen and oxygen atoms in total. The van der Waals surface area contributed by atoms with Crippen molar-refractivity contribution in [1.82, 2.24) is 29.2 Å². The molecule has 0 bridgehead atoms. The van der Waals surface area contributed by atoms with E-state index < -0.39 is 6.04 Å². The van der Waals surface area contributed by atoms with E-state index in [-0.39, 0.29) is 17.6 Å². The van der Waals surface area contributed by atoms with Crippen molar-refractivity contribution in [3.05, 3.63) is 53.6 Å². The minimum absolute atomic E-state index is 0.0382. The first-order chi connectivity index (χ1) is 17.3. The van der Waals surface area contributed by atoms with Gasteiger partial charge in [-0.1, -0.05) is 6.07 Å². The average Bonchev–Trinajstić information content (AvgIpc) is 3.42. The summed E-state index contributed by atoms with van der Waals surface area (Å²) in [4.78, 5) is 24.4. The summed E-state index contributed by atoms with van der Waals surface area (Å²) >= 11 is 0. The fourth-order valence-corrected chi connectivity index (χ4v) is 5.68. The molecule has 4 aromatic rings. The molecular formula is C27H29FN6O2. The highest BCUT2D eigenvalue weighted by molar-refractivity contribution is 5.98. The number of pyridine rings is 1. The second kappa shape index (κ2) is 8.51. The van der Waals surface area contributed by atoms with Gasteiger partial charge in [0.05, 0.1) is 29.3 Å². The van der Waals surface area contributed by atoms with Crippen LogP contribution in [0.5, 0.6) is 0 Å². The van der Waals surface area contributed by atoms with Crippen LogP contribution < -0.4 is 0 Å². The fourth-order valence-electron chi connectivity index (χ4n) is 5.68. The zero-order chi connectivity index (χ0) is 25.1. The number of carbonyl (C=O) groups is 1. The van der Waals surface area contributed by atoms with Gasteiger partial charge in [0.15, 0.2) is 0 Å². The van der Waals surface area contributed by atoms with E-state index in [9.17, 15) is 4.79 Å². The molecule has 5 heterocycles. The molecule has 2 aliphatic heterocycles. The van der Waals surface area contributed by atoms with Crippen molar-refractivity contribution in [2.24, 2.45) is 7.05 Å². The number of carbonyl (C=O) groups excluding carboxylic acids is 1. The standard InChI is InChI=1S/C27H29FN6O2/c1-15-20(13-33(4)31-15)22-11-18-5-6-21(28)24(19(18)12-29-22)25-23-14-32(3)27(35)16(2)34(23)26(30-25)17-7-9-36-10-8-17/h5-6,11-13,16-17H,7-10,14H2,1-4H3. The number of imidazole rings is 1. The first-order valence-corrected chi connectivity index (χ1v) is 12.4. The maximum atomic E-state index is 15.6. The molecule has 0 spiro atoms. The molecule has 3 aromatic heterocycles. The van der Waals surface area contributed by atoms with E-state index in [1.165, 1.54) is 6.07 Å². The second-order valence-electron chi connectivity index (χ2n) is 9.91. The summed E-state index contributed by atoms with van der Waals surface area (Å²) in [6, 6.07) is 4.86. The maximum absolute atomic E-state index is 15.6. The van der Waals surface area contributed by atoms with Gasteiger partial charge in [-0.3, -0.25) is 14.5 Å². The van der Waals surface area contributed by atoms with Crippen LogP contribution in [0.25, 0.3) is 33.3 Å². The Balaban J connectivity index is 1.56. The summed E-state index contributed by atoms with van der Waals surface area (Å²) in [6.45, 7) is 5.55. The van der Waals surface area contributed by atoms with Gasteiger partial charge in [-0.15, -0.1) is 0 Å². The molecular weight excluding hydrogens is 459 g/mol. The lowest BCUT2D eigenvalue weighted by Crippen LogP contribution is -2.40. The molecule has 186 valence electrons. The summed E-state index contributed by atoms with van der Waals surface area (Å²) in [5.74, 6) is 0.711. The Kier molecular flexibility index (Phi) is 5.40. The van der Waals surface area contributed by atoms with Crippen LogP contribution in [0.15, 0.2) is 30.6 Å². The molecule has 6 rings (SSSR count). The molecule has 0 saturated carbocycles. The molecule has 9 heteroatoms. The van der Waals surface area contributed by atoms with Crippen molar-refractivity contribution in [2.75, 3.05) is 20.3 Å². The van der Waals surface area contributed by atoms with Gasteiger partial charge in [-0.05, 0) is 44.2 Å². The lowest BCUT2D eigenvalue weighted by molar-refractivity contribution is -0.135. The Morgan fingerprint density at radius 3 is 2.67 bits per heavy atom. The van der Waals surface area contributed by atoms with E-state index in [1.807, 2.05) is 37.7 Å². The molecule has 0 N–H and O–H groups in total. The number of likely N-dealkylation sites (N-methyl/N-ethyl adjacent to an activating group) is 1. The minimum atomic E-state index is -0.394.